The number of amides is 3. The van der Waals surface area contributed by atoms with Gasteiger partial charge in [-0.15, -0.1) is 0 Å². The molecule has 2 N–H and O–H groups in total. The first-order chi connectivity index (χ1) is 15.5. The van der Waals surface area contributed by atoms with Gasteiger partial charge in [-0.05, 0) is 53.0 Å². The Hall–Kier alpha value is -3.10. The van der Waals surface area contributed by atoms with Crippen molar-refractivity contribution in [1.82, 2.24) is 15.5 Å². The van der Waals surface area contributed by atoms with Crippen molar-refractivity contribution in [3.8, 4) is 0 Å². The third-order valence-electron chi connectivity index (χ3n) is 4.83. The van der Waals surface area contributed by atoms with Crippen LogP contribution in [0.15, 0.2) is 24.3 Å². The summed E-state index contributed by atoms with van der Waals surface area (Å²) in [6, 6.07) is 6.42. The number of nitrogens with zero attached hydrogens (tertiary/aromatic N) is 1. The van der Waals surface area contributed by atoms with Gasteiger partial charge in [0.05, 0.1) is 13.0 Å². The summed E-state index contributed by atoms with van der Waals surface area (Å²) in [6.07, 6.45) is 0.892. The second-order valence-electron chi connectivity index (χ2n) is 9.05. The van der Waals surface area contributed by atoms with E-state index < -0.39 is 23.7 Å². The van der Waals surface area contributed by atoms with E-state index in [1.54, 1.807) is 33.8 Å². The number of hydrogen-bond donors (Lipinski definition) is 2. The lowest BCUT2D eigenvalue weighted by atomic mass is 10.0. The molecule has 1 aromatic rings. The van der Waals surface area contributed by atoms with Crippen LogP contribution >= 0.6 is 0 Å². The van der Waals surface area contributed by atoms with E-state index in [-0.39, 0.29) is 44.0 Å². The van der Waals surface area contributed by atoms with E-state index in [0.29, 0.717) is 5.56 Å². The number of rotatable bonds is 10. The molecule has 0 spiro atoms. The number of ether oxygens (including phenoxy) is 2. The number of hydrogen-bond acceptors (Lipinski definition) is 6. The summed E-state index contributed by atoms with van der Waals surface area (Å²) in [5, 5.41) is 5.24. The van der Waals surface area contributed by atoms with Crippen LogP contribution in [0, 0.1) is 6.92 Å². The Labute approximate surface area is 195 Å². The zero-order valence-corrected chi connectivity index (χ0v) is 20.1. The van der Waals surface area contributed by atoms with Crippen LogP contribution in [-0.4, -0.2) is 60.1 Å². The summed E-state index contributed by atoms with van der Waals surface area (Å²) in [5.41, 5.74) is 0.930. The molecular formula is C24H35N3O6. The molecular weight excluding hydrogens is 426 g/mol. The molecule has 9 heteroatoms. The Morgan fingerprint density at radius 1 is 1.15 bits per heavy atom. The Morgan fingerprint density at radius 2 is 1.85 bits per heavy atom. The van der Waals surface area contributed by atoms with Crippen molar-refractivity contribution in [2.75, 3.05) is 19.7 Å². The van der Waals surface area contributed by atoms with Gasteiger partial charge in [0, 0.05) is 12.6 Å². The molecule has 0 aromatic heterocycles. The van der Waals surface area contributed by atoms with Gasteiger partial charge >= 0.3 is 12.1 Å². The molecule has 1 aliphatic rings. The minimum Gasteiger partial charge on any atom is -0.466 e. The van der Waals surface area contributed by atoms with Crippen LogP contribution in [0.25, 0.3) is 0 Å². The summed E-state index contributed by atoms with van der Waals surface area (Å²) >= 11 is 0. The highest BCUT2D eigenvalue weighted by atomic mass is 16.6. The fraction of sp³-hybridized carbons (Fsp3) is 0.583. The Bertz CT molecular complexity index is 860. The fourth-order valence-electron chi connectivity index (χ4n) is 3.36. The molecule has 0 aliphatic heterocycles. The molecule has 3 amide bonds. The highest BCUT2D eigenvalue weighted by molar-refractivity contribution is 5.91. The molecule has 1 aromatic carbocycles. The minimum atomic E-state index is -0.882. The molecule has 1 aliphatic carbocycles. The van der Waals surface area contributed by atoms with Gasteiger partial charge in [0.15, 0.2) is 0 Å². The first-order valence-electron chi connectivity index (χ1n) is 11.3. The van der Waals surface area contributed by atoms with Crippen molar-refractivity contribution in [2.45, 2.75) is 71.6 Å². The van der Waals surface area contributed by atoms with E-state index in [1.807, 2.05) is 25.1 Å². The lowest BCUT2D eigenvalue weighted by Crippen LogP contribution is -2.49. The van der Waals surface area contributed by atoms with Crippen LogP contribution in [0.1, 0.15) is 64.1 Å². The lowest BCUT2D eigenvalue weighted by Gasteiger charge is -2.32. The standard InChI is InChI=1S/C24H35N3O6/c1-6-32-20(29)12-13-25-22(30)21(17-9-7-8-16(2)14-17)27(18-10-11-18)19(28)15-26-23(31)33-24(3,4)5/h7-9,14,18,21H,6,10-13,15H2,1-5H3,(H,25,30)(H,26,31). The highest BCUT2D eigenvalue weighted by Gasteiger charge is 2.41. The first kappa shape index (κ1) is 26.2. The van der Waals surface area contributed by atoms with Gasteiger partial charge < -0.3 is 25.0 Å². The maximum Gasteiger partial charge on any atom is 0.408 e. The van der Waals surface area contributed by atoms with Crippen molar-refractivity contribution in [1.29, 1.82) is 0 Å². The normalized spacial score (nSPS) is 14.1. The van der Waals surface area contributed by atoms with E-state index >= 15 is 0 Å². The number of alkyl carbamates (subject to hydrolysis) is 1. The summed E-state index contributed by atoms with van der Waals surface area (Å²) in [5.74, 6) is -1.17. The van der Waals surface area contributed by atoms with Gasteiger partial charge in [0.2, 0.25) is 11.8 Å². The van der Waals surface area contributed by atoms with Gasteiger partial charge in [0.25, 0.3) is 0 Å². The predicted molar refractivity (Wildman–Crippen MR) is 122 cm³/mol. The second-order valence-corrected chi connectivity index (χ2v) is 9.05. The minimum absolute atomic E-state index is 0.0394. The SMILES string of the molecule is CCOC(=O)CCNC(=O)C(c1cccc(C)c1)N(C(=O)CNC(=O)OC(C)(C)C)C1CC1. The summed E-state index contributed by atoms with van der Waals surface area (Å²) in [4.78, 5) is 51.6. The zero-order chi connectivity index (χ0) is 24.6. The van der Waals surface area contributed by atoms with Crippen LogP contribution in [-0.2, 0) is 23.9 Å². The predicted octanol–water partition coefficient (Wildman–Crippen LogP) is 2.62. The quantitative estimate of drug-likeness (QED) is 0.518. The number of nitrogens with one attached hydrogen (secondary N) is 2. The molecule has 1 atom stereocenters. The number of benzene rings is 1. The number of aryl methyl sites for hydroxylation is 1. The third kappa shape index (κ3) is 8.75. The van der Waals surface area contributed by atoms with E-state index in [4.69, 9.17) is 9.47 Å². The monoisotopic (exact) mass is 461 g/mol. The molecule has 33 heavy (non-hydrogen) atoms. The molecule has 0 radical (unpaired) electrons. The molecule has 182 valence electrons. The molecule has 9 nitrogen and oxygen atoms in total. The van der Waals surface area contributed by atoms with Crippen molar-refractivity contribution >= 4 is 23.9 Å². The van der Waals surface area contributed by atoms with Gasteiger partial charge in [0.1, 0.15) is 18.2 Å². The van der Waals surface area contributed by atoms with E-state index in [2.05, 4.69) is 10.6 Å². The number of esters is 1. The Kier molecular flexibility index (Phi) is 9.25. The van der Waals surface area contributed by atoms with Crippen LogP contribution in [0.5, 0.6) is 0 Å². The van der Waals surface area contributed by atoms with Gasteiger partial charge in [-0.3, -0.25) is 14.4 Å². The van der Waals surface area contributed by atoms with Gasteiger partial charge in [-0.25, -0.2) is 4.79 Å². The zero-order valence-electron chi connectivity index (χ0n) is 20.1. The molecule has 1 unspecified atom stereocenters. The topological polar surface area (TPSA) is 114 Å². The van der Waals surface area contributed by atoms with E-state index in [9.17, 15) is 19.2 Å². The molecule has 1 fully saturated rings. The van der Waals surface area contributed by atoms with Crippen LogP contribution in [0.3, 0.4) is 0 Å². The van der Waals surface area contributed by atoms with Crippen LogP contribution in [0.4, 0.5) is 4.79 Å². The molecule has 2 rings (SSSR count). The summed E-state index contributed by atoms with van der Waals surface area (Å²) in [7, 11) is 0. The average Bonchev–Trinajstić information content (AvgIpc) is 3.54. The fourth-order valence-corrected chi connectivity index (χ4v) is 3.36. The van der Waals surface area contributed by atoms with Crippen molar-refractivity contribution in [3.63, 3.8) is 0 Å². The summed E-state index contributed by atoms with van der Waals surface area (Å²) in [6.45, 7) is 8.92. The number of carbonyl (C=O) groups is 4. The van der Waals surface area contributed by atoms with E-state index in [0.717, 1.165) is 18.4 Å². The molecule has 0 saturated heterocycles. The highest BCUT2D eigenvalue weighted by Crippen LogP contribution is 2.35. The van der Waals surface area contributed by atoms with Crippen LogP contribution in [0.2, 0.25) is 0 Å². The first-order valence-corrected chi connectivity index (χ1v) is 11.3. The Balaban J connectivity index is 2.18. The van der Waals surface area contributed by atoms with Gasteiger partial charge in [-0.2, -0.15) is 0 Å². The van der Waals surface area contributed by atoms with Crippen molar-refractivity contribution in [3.05, 3.63) is 35.4 Å². The maximum absolute atomic E-state index is 13.2. The smallest absolute Gasteiger partial charge is 0.408 e. The lowest BCUT2D eigenvalue weighted by molar-refractivity contribution is -0.144. The average molecular weight is 462 g/mol. The summed E-state index contributed by atoms with van der Waals surface area (Å²) < 4.78 is 10.1. The Morgan fingerprint density at radius 3 is 2.42 bits per heavy atom. The third-order valence-corrected chi connectivity index (χ3v) is 4.83. The molecule has 1 saturated carbocycles. The van der Waals surface area contributed by atoms with Gasteiger partial charge in [-0.1, -0.05) is 29.8 Å². The van der Waals surface area contributed by atoms with Crippen molar-refractivity contribution < 1.29 is 28.7 Å². The molecule has 0 heterocycles. The molecule has 0 bridgehead atoms. The van der Waals surface area contributed by atoms with Crippen LogP contribution < -0.4 is 10.6 Å². The van der Waals surface area contributed by atoms with Crippen molar-refractivity contribution in [2.24, 2.45) is 0 Å². The number of carbonyl (C=O) groups excluding carboxylic acids is 4. The largest absolute Gasteiger partial charge is 0.466 e. The second kappa shape index (κ2) is 11.7. The van der Waals surface area contributed by atoms with E-state index in [1.165, 1.54) is 4.90 Å². The maximum atomic E-state index is 13.2.